The molecule has 5 nitrogen and oxygen atoms in total. The van der Waals surface area contributed by atoms with Gasteiger partial charge in [0, 0.05) is 17.3 Å². The number of halogens is 2. The first-order valence-electron chi connectivity index (χ1n) is 6.08. The number of nitrogens with two attached hydrogens (primary N) is 1. The average Bonchev–Trinajstić information content (AvgIpc) is 2.42. The van der Waals surface area contributed by atoms with Crippen molar-refractivity contribution in [2.75, 3.05) is 5.32 Å². The molecule has 3 N–H and O–H groups in total. The molecule has 1 amide bonds. The van der Waals surface area contributed by atoms with Gasteiger partial charge in [-0.2, -0.15) is 0 Å². The van der Waals surface area contributed by atoms with Crippen molar-refractivity contribution in [3.05, 3.63) is 59.2 Å². The number of sulfonamides is 1. The molecule has 0 spiro atoms. The first-order chi connectivity index (χ1) is 10.2. The number of primary sulfonamides is 1. The molecule has 2 rings (SSSR count). The Morgan fingerprint density at radius 2 is 1.77 bits per heavy atom. The Kier molecular flexibility index (Phi) is 4.25. The highest BCUT2D eigenvalue weighted by Crippen LogP contribution is 2.18. The number of aryl methyl sites for hydroxylation is 1. The highest BCUT2D eigenvalue weighted by molar-refractivity contribution is 7.89. The average molecular weight is 326 g/mol. The summed E-state index contributed by atoms with van der Waals surface area (Å²) < 4.78 is 48.8. The Morgan fingerprint density at radius 1 is 1.09 bits per heavy atom. The van der Waals surface area contributed by atoms with Crippen LogP contribution in [0.15, 0.2) is 41.3 Å². The summed E-state index contributed by atoms with van der Waals surface area (Å²) in [7, 11) is -3.96. The van der Waals surface area contributed by atoms with Gasteiger partial charge in [-0.25, -0.2) is 22.3 Å². The van der Waals surface area contributed by atoms with Crippen molar-refractivity contribution in [3.63, 3.8) is 0 Å². The zero-order valence-corrected chi connectivity index (χ0v) is 12.2. The number of anilines is 1. The molecule has 0 unspecified atom stereocenters. The van der Waals surface area contributed by atoms with Crippen LogP contribution in [0.3, 0.4) is 0 Å². The van der Waals surface area contributed by atoms with Crippen molar-refractivity contribution < 1.29 is 22.0 Å². The van der Waals surface area contributed by atoms with Crippen LogP contribution in [0.5, 0.6) is 0 Å². The van der Waals surface area contributed by atoms with E-state index in [-0.39, 0.29) is 16.1 Å². The first-order valence-corrected chi connectivity index (χ1v) is 7.63. The molecule has 8 heteroatoms. The van der Waals surface area contributed by atoms with E-state index in [0.29, 0.717) is 5.56 Å². The summed E-state index contributed by atoms with van der Waals surface area (Å²) in [5.41, 5.74) is 0.466. The van der Waals surface area contributed by atoms with E-state index < -0.39 is 27.6 Å². The van der Waals surface area contributed by atoms with E-state index in [1.54, 1.807) is 0 Å². The highest BCUT2D eigenvalue weighted by atomic mass is 32.2. The summed E-state index contributed by atoms with van der Waals surface area (Å²) in [4.78, 5) is 11.9. The minimum Gasteiger partial charge on any atom is -0.322 e. The summed E-state index contributed by atoms with van der Waals surface area (Å²) >= 11 is 0. The van der Waals surface area contributed by atoms with Crippen molar-refractivity contribution in [2.24, 2.45) is 5.14 Å². The van der Waals surface area contributed by atoms with Crippen LogP contribution in [0.1, 0.15) is 15.9 Å². The van der Waals surface area contributed by atoms with Crippen molar-refractivity contribution in [3.8, 4) is 0 Å². The van der Waals surface area contributed by atoms with Gasteiger partial charge in [0.15, 0.2) is 11.6 Å². The van der Waals surface area contributed by atoms with Crippen molar-refractivity contribution >= 4 is 21.6 Å². The first kappa shape index (κ1) is 16.1. The highest BCUT2D eigenvalue weighted by Gasteiger charge is 2.15. The topological polar surface area (TPSA) is 89.3 Å². The van der Waals surface area contributed by atoms with Crippen LogP contribution in [0.25, 0.3) is 0 Å². The molecule has 0 aliphatic rings. The maximum Gasteiger partial charge on any atom is 0.255 e. The summed E-state index contributed by atoms with van der Waals surface area (Å²) in [6.45, 7) is 1.54. The maximum atomic E-state index is 13.1. The van der Waals surface area contributed by atoms with E-state index in [9.17, 15) is 22.0 Å². The number of carbonyl (C=O) groups is 1. The summed E-state index contributed by atoms with van der Waals surface area (Å²) in [5.74, 6) is -2.81. The fraction of sp³-hybridized carbons (Fsp3) is 0.0714. The van der Waals surface area contributed by atoms with Crippen LogP contribution in [0.2, 0.25) is 0 Å². The lowest BCUT2D eigenvalue weighted by molar-refractivity contribution is 0.102. The molecule has 0 aliphatic carbocycles. The van der Waals surface area contributed by atoms with Crippen molar-refractivity contribution in [1.29, 1.82) is 0 Å². The lowest BCUT2D eigenvalue weighted by Gasteiger charge is -2.08. The lowest BCUT2D eigenvalue weighted by atomic mass is 10.1. The third-order valence-electron chi connectivity index (χ3n) is 2.93. The number of carbonyl (C=O) groups excluding carboxylic acids is 1. The number of rotatable bonds is 3. The Morgan fingerprint density at radius 3 is 2.36 bits per heavy atom. The van der Waals surface area contributed by atoms with Crippen LogP contribution in [0, 0.1) is 18.6 Å². The zero-order valence-electron chi connectivity index (χ0n) is 11.4. The fourth-order valence-corrected chi connectivity index (χ4v) is 2.63. The van der Waals surface area contributed by atoms with E-state index in [1.165, 1.54) is 25.1 Å². The molecule has 2 aromatic carbocycles. The molecule has 22 heavy (non-hydrogen) atoms. The summed E-state index contributed by atoms with van der Waals surface area (Å²) in [5, 5.41) is 7.41. The second-order valence-electron chi connectivity index (χ2n) is 4.61. The molecule has 0 bridgehead atoms. The predicted molar refractivity (Wildman–Crippen MR) is 76.9 cm³/mol. The van der Waals surface area contributed by atoms with E-state index in [1.807, 2.05) is 0 Å². The Hall–Kier alpha value is -2.32. The minimum absolute atomic E-state index is 0.0272. The molecule has 0 saturated carbocycles. The van der Waals surface area contributed by atoms with Crippen LogP contribution in [0.4, 0.5) is 14.5 Å². The van der Waals surface area contributed by atoms with Crippen molar-refractivity contribution in [2.45, 2.75) is 11.8 Å². The van der Waals surface area contributed by atoms with Crippen LogP contribution in [-0.4, -0.2) is 14.3 Å². The molecular weight excluding hydrogens is 314 g/mol. The van der Waals surface area contributed by atoms with E-state index >= 15 is 0 Å². The van der Waals surface area contributed by atoms with Gasteiger partial charge in [-0.15, -0.1) is 0 Å². The summed E-state index contributed by atoms with van der Waals surface area (Å²) in [6.07, 6.45) is 0. The van der Waals surface area contributed by atoms with Gasteiger partial charge in [0.25, 0.3) is 5.91 Å². The molecule has 0 saturated heterocycles. The molecule has 116 valence electrons. The minimum atomic E-state index is -3.96. The van der Waals surface area contributed by atoms with Crippen LogP contribution in [-0.2, 0) is 10.0 Å². The van der Waals surface area contributed by atoms with Gasteiger partial charge < -0.3 is 5.32 Å². The predicted octanol–water partition coefficient (Wildman–Crippen LogP) is 2.17. The number of nitrogens with one attached hydrogen (secondary N) is 1. The third-order valence-corrected chi connectivity index (χ3v) is 3.99. The van der Waals surface area contributed by atoms with Gasteiger partial charge in [0.2, 0.25) is 10.0 Å². The second-order valence-corrected chi connectivity index (χ2v) is 6.14. The van der Waals surface area contributed by atoms with Crippen LogP contribution < -0.4 is 10.5 Å². The SMILES string of the molecule is Cc1ccc(C(=O)Nc2ccc(F)c(F)c2)cc1S(N)(=O)=O. The van der Waals surface area contributed by atoms with Gasteiger partial charge in [-0.05, 0) is 36.8 Å². The Balaban J connectivity index is 2.32. The maximum absolute atomic E-state index is 13.1. The molecule has 0 atom stereocenters. The number of benzene rings is 2. The number of hydrogen-bond donors (Lipinski definition) is 2. The summed E-state index contributed by atoms with van der Waals surface area (Å²) in [6, 6.07) is 6.84. The molecular formula is C14H12F2N2O3S. The van der Waals surface area contributed by atoms with E-state index in [4.69, 9.17) is 5.14 Å². The number of hydrogen-bond acceptors (Lipinski definition) is 3. The fourth-order valence-electron chi connectivity index (χ4n) is 1.83. The largest absolute Gasteiger partial charge is 0.322 e. The Labute approximate surface area is 125 Å². The molecule has 0 radical (unpaired) electrons. The molecule has 0 fully saturated rings. The molecule has 0 heterocycles. The molecule has 0 aromatic heterocycles. The normalized spacial score (nSPS) is 11.3. The van der Waals surface area contributed by atoms with Gasteiger partial charge in [0.1, 0.15) is 0 Å². The van der Waals surface area contributed by atoms with Crippen LogP contribution >= 0.6 is 0 Å². The number of amides is 1. The second kappa shape index (κ2) is 5.82. The van der Waals surface area contributed by atoms with E-state index in [2.05, 4.69) is 5.32 Å². The quantitative estimate of drug-likeness (QED) is 0.906. The molecule has 0 aliphatic heterocycles. The lowest BCUT2D eigenvalue weighted by Crippen LogP contribution is -2.17. The van der Waals surface area contributed by atoms with Crippen molar-refractivity contribution in [1.82, 2.24) is 0 Å². The van der Waals surface area contributed by atoms with Gasteiger partial charge in [-0.1, -0.05) is 6.07 Å². The molecule has 2 aromatic rings. The van der Waals surface area contributed by atoms with Gasteiger partial charge in [0.05, 0.1) is 4.90 Å². The van der Waals surface area contributed by atoms with E-state index in [0.717, 1.165) is 18.2 Å². The zero-order chi connectivity index (χ0) is 16.5. The smallest absolute Gasteiger partial charge is 0.255 e. The van der Waals surface area contributed by atoms with Gasteiger partial charge in [-0.3, -0.25) is 4.79 Å². The monoisotopic (exact) mass is 326 g/mol. The van der Waals surface area contributed by atoms with Gasteiger partial charge >= 0.3 is 0 Å². The Bertz CT molecular complexity index is 851. The standard InChI is InChI=1S/C14H12F2N2O3S/c1-8-2-3-9(6-13(8)22(17,20)21)14(19)18-10-4-5-11(15)12(16)7-10/h2-7H,1H3,(H,18,19)(H2,17,20,21). The third kappa shape index (κ3) is 3.46.